The Morgan fingerprint density at radius 3 is 2.62 bits per heavy atom. The van der Waals surface area contributed by atoms with Crippen LogP contribution in [-0.2, 0) is 4.74 Å². The predicted molar refractivity (Wildman–Crippen MR) is 110 cm³/mol. The van der Waals surface area contributed by atoms with Gasteiger partial charge in [0, 0.05) is 25.2 Å². The van der Waals surface area contributed by atoms with Gasteiger partial charge in [0.25, 0.3) is 5.91 Å². The van der Waals surface area contributed by atoms with Gasteiger partial charge in [0.1, 0.15) is 10.6 Å². The number of primary amides is 1. The summed E-state index contributed by atoms with van der Waals surface area (Å²) in [4.78, 5) is 26.5. The normalized spacial score (nSPS) is 14.4. The first-order valence-corrected chi connectivity index (χ1v) is 10.0. The molecule has 11 heteroatoms. The van der Waals surface area contributed by atoms with Crippen LogP contribution in [0.3, 0.4) is 0 Å². The molecule has 2 heterocycles. The fourth-order valence-corrected chi connectivity index (χ4v) is 3.79. The van der Waals surface area contributed by atoms with Gasteiger partial charge in [-0.15, -0.1) is 0 Å². The number of hydrogen-bond donors (Lipinski definition) is 5. The van der Waals surface area contributed by atoms with E-state index in [0.29, 0.717) is 28.5 Å². The number of rotatable bonds is 8. The van der Waals surface area contributed by atoms with E-state index in [2.05, 4.69) is 19.9 Å². The highest BCUT2D eigenvalue weighted by atomic mass is 32.1. The number of nitrogens with two attached hydrogens (primary N) is 1. The van der Waals surface area contributed by atoms with E-state index >= 15 is 0 Å². The van der Waals surface area contributed by atoms with Gasteiger partial charge in [0.2, 0.25) is 0 Å². The van der Waals surface area contributed by atoms with E-state index in [4.69, 9.17) is 15.7 Å². The van der Waals surface area contributed by atoms with Crippen molar-refractivity contribution >= 4 is 34.2 Å². The smallest absolute Gasteiger partial charge is 0.319 e. The Bertz CT molecular complexity index is 835. The highest BCUT2D eigenvalue weighted by molar-refractivity contribution is 7.11. The minimum Gasteiger partial charge on any atom is -0.379 e. The number of anilines is 2. The minimum atomic E-state index is -0.680. The van der Waals surface area contributed by atoms with E-state index in [-0.39, 0.29) is 5.56 Å². The van der Waals surface area contributed by atoms with Crippen molar-refractivity contribution in [2.75, 3.05) is 50.2 Å². The Morgan fingerprint density at radius 2 is 1.97 bits per heavy atom. The van der Waals surface area contributed by atoms with E-state index in [0.717, 1.165) is 50.8 Å². The van der Waals surface area contributed by atoms with Crippen molar-refractivity contribution in [2.24, 2.45) is 5.73 Å². The molecular formula is C18H24N6O4S. The van der Waals surface area contributed by atoms with Crippen LogP contribution in [0.15, 0.2) is 24.3 Å². The molecule has 0 bridgehead atoms. The lowest BCUT2D eigenvalue weighted by atomic mass is 10.1. The van der Waals surface area contributed by atoms with Gasteiger partial charge < -0.3 is 15.8 Å². The number of carbonyl (C=O) groups is 2. The van der Waals surface area contributed by atoms with Crippen LogP contribution < -0.4 is 21.8 Å². The van der Waals surface area contributed by atoms with Gasteiger partial charge in [-0.1, -0.05) is 12.1 Å². The summed E-state index contributed by atoms with van der Waals surface area (Å²) >= 11 is 0.990. The standard InChI is InChI=1S/C18H24N6O4S/c19-16(25)14-15(12-2-4-13(22-27)5-3-12)23-29-17(14)21-18(26)20-6-1-7-24-8-10-28-11-9-24/h2-5,22,27H,1,6-11H2,(H2,19,25)(H2,20,21,26). The van der Waals surface area contributed by atoms with Gasteiger partial charge in [0.05, 0.1) is 24.6 Å². The molecule has 156 valence electrons. The van der Waals surface area contributed by atoms with Crippen molar-refractivity contribution in [3.05, 3.63) is 29.8 Å². The van der Waals surface area contributed by atoms with Gasteiger partial charge in [-0.05, 0) is 36.6 Å². The van der Waals surface area contributed by atoms with E-state index in [9.17, 15) is 9.59 Å². The third-order valence-corrected chi connectivity index (χ3v) is 5.26. The molecule has 6 N–H and O–H groups in total. The molecular weight excluding hydrogens is 396 g/mol. The number of amides is 3. The van der Waals surface area contributed by atoms with E-state index in [1.165, 1.54) is 0 Å². The lowest BCUT2D eigenvalue weighted by Gasteiger charge is -2.26. The summed E-state index contributed by atoms with van der Waals surface area (Å²) in [6, 6.07) is 6.23. The van der Waals surface area contributed by atoms with E-state index in [1.807, 2.05) is 5.48 Å². The molecule has 0 aliphatic carbocycles. The first kappa shape index (κ1) is 21.0. The maximum absolute atomic E-state index is 12.2. The Hall–Kier alpha value is -2.73. The molecule has 1 aliphatic heterocycles. The minimum absolute atomic E-state index is 0.156. The molecule has 10 nitrogen and oxygen atoms in total. The summed E-state index contributed by atoms with van der Waals surface area (Å²) in [6.07, 6.45) is 0.815. The number of nitrogens with zero attached hydrogens (tertiary/aromatic N) is 2. The molecule has 0 spiro atoms. The van der Waals surface area contributed by atoms with E-state index < -0.39 is 11.9 Å². The Kier molecular flexibility index (Phi) is 7.36. The van der Waals surface area contributed by atoms with Crippen LogP contribution in [0.2, 0.25) is 0 Å². The summed E-state index contributed by atoms with van der Waals surface area (Å²) in [5.74, 6) is -0.680. The van der Waals surface area contributed by atoms with Crippen molar-refractivity contribution in [3.8, 4) is 11.3 Å². The van der Waals surface area contributed by atoms with Crippen LogP contribution in [0.1, 0.15) is 16.8 Å². The van der Waals surface area contributed by atoms with Gasteiger partial charge >= 0.3 is 6.03 Å². The van der Waals surface area contributed by atoms with E-state index in [1.54, 1.807) is 24.3 Å². The van der Waals surface area contributed by atoms with Crippen molar-refractivity contribution in [1.29, 1.82) is 0 Å². The number of carbonyl (C=O) groups excluding carboxylic acids is 2. The third-order valence-electron chi connectivity index (χ3n) is 4.49. The summed E-state index contributed by atoms with van der Waals surface area (Å²) in [5.41, 5.74) is 9.24. The maximum Gasteiger partial charge on any atom is 0.319 e. The molecule has 0 radical (unpaired) electrons. The molecule has 1 saturated heterocycles. The molecule has 1 aliphatic rings. The first-order chi connectivity index (χ1) is 14.1. The zero-order chi connectivity index (χ0) is 20.6. The second kappa shape index (κ2) is 10.2. The molecule has 1 fully saturated rings. The molecule has 0 unspecified atom stereocenters. The molecule has 1 aromatic heterocycles. The van der Waals surface area contributed by atoms with Crippen LogP contribution >= 0.6 is 11.5 Å². The fraction of sp³-hybridized carbons (Fsp3) is 0.389. The summed E-state index contributed by atoms with van der Waals surface area (Å²) in [5, 5.41) is 14.6. The highest BCUT2D eigenvalue weighted by Gasteiger charge is 2.21. The molecule has 1 aromatic carbocycles. The molecule has 2 aromatic rings. The third kappa shape index (κ3) is 5.64. The van der Waals surface area contributed by atoms with Gasteiger partial charge in [0.15, 0.2) is 0 Å². The predicted octanol–water partition coefficient (Wildman–Crippen LogP) is 1.55. The quantitative estimate of drug-likeness (QED) is 0.322. The molecule has 0 atom stereocenters. The second-order valence-electron chi connectivity index (χ2n) is 6.48. The van der Waals surface area contributed by atoms with Crippen LogP contribution in [0.5, 0.6) is 0 Å². The summed E-state index contributed by atoms with van der Waals surface area (Å²) in [6.45, 7) is 4.71. The lowest BCUT2D eigenvalue weighted by Crippen LogP contribution is -2.38. The molecule has 3 rings (SSSR count). The number of benzene rings is 1. The SMILES string of the molecule is NC(=O)c1c(-c2ccc(NO)cc2)nsc1NC(=O)NCCCN1CCOCC1. The van der Waals surface area contributed by atoms with Gasteiger partial charge in [-0.3, -0.25) is 25.7 Å². The Labute approximate surface area is 172 Å². The number of aromatic nitrogens is 1. The molecule has 3 amide bonds. The average molecular weight is 420 g/mol. The van der Waals surface area contributed by atoms with Gasteiger partial charge in [-0.25, -0.2) is 4.79 Å². The summed E-state index contributed by atoms with van der Waals surface area (Å²) in [7, 11) is 0. The number of nitrogens with one attached hydrogen (secondary N) is 3. The van der Waals surface area contributed by atoms with Crippen molar-refractivity contribution in [2.45, 2.75) is 6.42 Å². The number of morpholine rings is 1. The van der Waals surface area contributed by atoms with Crippen LogP contribution in [0.4, 0.5) is 15.5 Å². The Morgan fingerprint density at radius 1 is 1.24 bits per heavy atom. The van der Waals surface area contributed by atoms with Crippen LogP contribution in [0.25, 0.3) is 11.3 Å². The van der Waals surface area contributed by atoms with Crippen molar-refractivity contribution < 1.29 is 19.5 Å². The fourth-order valence-electron chi connectivity index (χ4n) is 2.98. The Balaban J connectivity index is 1.57. The monoisotopic (exact) mass is 420 g/mol. The first-order valence-electron chi connectivity index (χ1n) is 9.23. The zero-order valence-electron chi connectivity index (χ0n) is 15.8. The topological polar surface area (TPSA) is 142 Å². The van der Waals surface area contributed by atoms with Crippen molar-refractivity contribution in [1.82, 2.24) is 14.6 Å². The molecule has 29 heavy (non-hydrogen) atoms. The number of urea groups is 1. The highest BCUT2D eigenvalue weighted by Crippen LogP contribution is 2.32. The summed E-state index contributed by atoms with van der Waals surface area (Å²) < 4.78 is 9.58. The van der Waals surface area contributed by atoms with Gasteiger partial charge in [-0.2, -0.15) is 4.37 Å². The van der Waals surface area contributed by atoms with Crippen molar-refractivity contribution in [3.63, 3.8) is 0 Å². The number of hydrogen-bond acceptors (Lipinski definition) is 8. The maximum atomic E-state index is 12.2. The second-order valence-corrected chi connectivity index (χ2v) is 7.25. The largest absolute Gasteiger partial charge is 0.379 e. The van der Waals surface area contributed by atoms with Crippen LogP contribution in [0, 0.1) is 0 Å². The van der Waals surface area contributed by atoms with Crippen LogP contribution in [-0.4, -0.2) is 65.8 Å². The molecule has 0 saturated carbocycles. The average Bonchev–Trinajstić information content (AvgIpc) is 3.16. The zero-order valence-corrected chi connectivity index (χ0v) is 16.6. The number of ether oxygens (including phenoxy) is 1. The lowest BCUT2D eigenvalue weighted by molar-refractivity contribution is 0.0375.